The second kappa shape index (κ2) is 14.0. The van der Waals surface area contributed by atoms with E-state index in [9.17, 15) is 26.4 Å². The summed E-state index contributed by atoms with van der Waals surface area (Å²) in [5.74, 6) is -2.48. The van der Waals surface area contributed by atoms with Crippen LogP contribution in [0.1, 0.15) is 45.2 Å². The number of rotatable bonds is 16. The van der Waals surface area contributed by atoms with Crippen molar-refractivity contribution in [1.82, 2.24) is 0 Å². The summed E-state index contributed by atoms with van der Waals surface area (Å²) in [5.41, 5.74) is -0.938. The molecule has 0 aliphatic carbocycles. The molecule has 0 fully saturated rings. The molecular weight excluding hydrogens is 548 g/mol. The summed E-state index contributed by atoms with van der Waals surface area (Å²) in [4.78, 5) is 24.8. The van der Waals surface area contributed by atoms with Crippen LogP contribution in [0.3, 0.4) is 0 Å². The van der Waals surface area contributed by atoms with Crippen LogP contribution in [0.5, 0.6) is 0 Å². The summed E-state index contributed by atoms with van der Waals surface area (Å²) in [6, 6.07) is 18.0. The molecule has 2 aromatic rings. The van der Waals surface area contributed by atoms with Crippen LogP contribution in [0.15, 0.2) is 60.7 Å². The van der Waals surface area contributed by atoms with Crippen molar-refractivity contribution in [3.63, 3.8) is 0 Å². The first-order valence-electron chi connectivity index (χ1n) is 12.3. The summed E-state index contributed by atoms with van der Waals surface area (Å²) in [5, 5.41) is 0. The SMILES string of the molecule is CC(C)(COS(=O)(=O)CCCS(=O)(=O)OCC(C)(C)C(=O)OCc1ccccc1)C(=O)OCc1ccccc1. The number of benzene rings is 2. The van der Waals surface area contributed by atoms with Crippen LogP contribution in [0.4, 0.5) is 0 Å². The van der Waals surface area contributed by atoms with Gasteiger partial charge < -0.3 is 9.47 Å². The lowest BCUT2D eigenvalue weighted by atomic mass is 9.95. The van der Waals surface area contributed by atoms with Crippen molar-refractivity contribution in [1.29, 1.82) is 0 Å². The Morgan fingerprint density at radius 1 is 0.615 bits per heavy atom. The highest BCUT2D eigenvalue weighted by Crippen LogP contribution is 2.22. The van der Waals surface area contributed by atoms with E-state index >= 15 is 0 Å². The van der Waals surface area contributed by atoms with Crippen molar-refractivity contribution in [2.24, 2.45) is 10.8 Å². The standard InChI is InChI=1S/C27H36O10S2/c1-26(2,24(28)34-18-22-12-7-5-8-13-22)20-36-38(30,31)16-11-17-39(32,33)37-21-27(3,4)25(29)35-19-23-14-9-6-10-15-23/h5-10,12-15H,11,16-21H2,1-4H3. The van der Waals surface area contributed by atoms with Crippen LogP contribution in [0.25, 0.3) is 0 Å². The van der Waals surface area contributed by atoms with E-state index in [1.54, 1.807) is 48.5 Å². The minimum Gasteiger partial charge on any atom is -0.460 e. The van der Waals surface area contributed by atoms with Gasteiger partial charge in [0.1, 0.15) is 13.2 Å². The molecule has 0 heterocycles. The number of carbonyl (C=O) groups excluding carboxylic acids is 2. The number of ether oxygens (including phenoxy) is 2. The summed E-state index contributed by atoms with van der Waals surface area (Å²) in [6.07, 6.45) is -0.303. The Hall–Kier alpha value is -2.80. The molecule has 0 unspecified atom stereocenters. The molecule has 0 radical (unpaired) electrons. The maximum atomic E-state index is 12.4. The van der Waals surface area contributed by atoms with Crippen molar-refractivity contribution in [2.45, 2.75) is 47.3 Å². The Balaban J connectivity index is 1.75. The normalized spacial score (nSPS) is 12.6. The van der Waals surface area contributed by atoms with Gasteiger partial charge in [-0.15, -0.1) is 0 Å². The highest BCUT2D eigenvalue weighted by Gasteiger charge is 2.34. The van der Waals surface area contributed by atoms with Crippen LogP contribution >= 0.6 is 0 Å². The maximum absolute atomic E-state index is 12.4. The molecule has 12 heteroatoms. The van der Waals surface area contributed by atoms with E-state index in [0.29, 0.717) is 0 Å². The smallest absolute Gasteiger partial charge is 0.314 e. The van der Waals surface area contributed by atoms with E-state index in [1.165, 1.54) is 27.7 Å². The third-order valence-corrected chi connectivity index (χ3v) is 8.05. The van der Waals surface area contributed by atoms with Gasteiger partial charge in [0.05, 0.1) is 35.5 Å². The Morgan fingerprint density at radius 3 is 1.28 bits per heavy atom. The summed E-state index contributed by atoms with van der Waals surface area (Å²) < 4.78 is 69.6. The molecule has 216 valence electrons. The molecule has 0 aliphatic heterocycles. The van der Waals surface area contributed by atoms with Gasteiger partial charge in [0, 0.05) is 0 Å². The quantitative estimate of drug-likeness (QED) is 0.212. The van der Waals surface area contributed by atoms with Crippen molar-refractivity contribution >= 4 is 32.2 Å². The molecule has 0 atom stereocenters. The van der Waals surface area contributed by atoms with Gasteiger partial charge in [0.15, 0.2) is 0 Å². The van der Waals surface area contributed by atoms with Crippen molar-refractivity contribution in [3.05, 3.63) is 71.8 Å². The zero-order chi connectivity index (χ0) is 29.2. The first-order valence-corrected chi connectivity index (χ1v) is 15.4. The Labute approximate surface area is 230 Å². The van der Waals surface area contributed by atoms with E-state index in [0.717, 1.165) is 11.1 Å². The average molecular weight is 585 g/mol. The predicted molar refractivity (Wildman–Crippen MR) is 144 cm³/mol. The van der Waals surface area contributed by atoms with Gasteiger partial charge in [-0.1, -0.05) is 60.7 Å². The van der Waals surface area contributed by atoms with Gasteiger partial charge in [0.25, 0.3) is 20.2 Å². The van der Waals surface area contributed by atoms with Gasteiger partial charge in [-0.05, 0) is 45.2 Å². The number of esters is 2. The third-order valence-electron chi connectivity index (χ3n) is 5.52. The fourth-order valence-corrected chi connectivity index (χ4v) is 5.32. The van der Waals surface area contributed by atoms with Crippen molar-refractivity contribution < 1.29 is 44.3 Å². The van der Waals surface area contributed by atoms with Crippen LogP contribution < -0.4 is 0 Å². The van der Waals surface area contributed by atoms with Gasteiger partial charge in [-0.2, -0.15) is 16.8 Å². The molecular formula is C27H36O10S2. The predicted octanol–water partition coefficient (Wildman–Crippen LogP) is 3.61. The van der Waals surface area contributed by atoms with Gasteiger partial charge in [-0.25, -0.2) is 0 Å². The summed E-state index contributed by atoms with van der Waals surface area (Å²) in [7, 11) is -8.26. The summed E-state index contributed by atoms with van der Waals surface area (Å²) >= 11 is 0. The van der Waals surface area contributed by atoms with E-state index in [1.807, 2.05) is 12.1 Å². The second-order valence-corrected chi connectivity index (χ2v) is 13.8. The van der Waals surface area contributed by atoms with Crippen molar-refractivity contribution in [3.8, 4) is 0 Å². The highest BCUT2D eigenvalue weighted by atomic mass is 32.2. The average Bonchev–Trinajstić information content (AvgIpc) is 2.89. The number of carbonyl (C=O) groups is 2. The third kappa shape index (κ3) is 11.9. The zero-order valence-electron chi connectivity index (χ0n) is 22.6. The summed E-state index contributed by atoms with van der Waals surface area (Å²) in [6.45, 7) is 5.09. The Morgan fingerprint density at radius 2 is 0.949 bits per heavy atom. The number of hydrogen-bond acceptors (Lipinski definition) is 10. The Bertz CT molecular complexity index is 1190. The fraction of sp³-hybridized carbons (Fsp3) is 0.481. The lowest BCUT2D eigenvalue weighted by Gasteiger charge is -2.22. The van der Waals surface area contributed by atoms with Crippen LogP contribution in [-0.4, -0.2) is 53.5 Å². The fourth-order valence-electron chi connectivity index (χ4n) is 2.96. The minimum atomic E-state index is -4.13. The van der Waals surface area contributed by atoms with E-state index < -0.39 is 67.7 Å². The molecule has 0 amide bonds. The van der Waals surface area contributed by atoms with E-state index in [-0.39, 0.29) is 19.6 Å². The number of hydrogen-bond donors (Lipinski definition) is 0. The topological polar surface area (TPSA) is 139 Å². The first kappa shape index (κ1) is 32.4. The molecule has 2 rings (SSSR count). The molecule has 39 heavy (non-hydrogen) atoms. The molecule has 0 saturated carbocycles. The molecule has 0 bridgehead atoms. The zero-order valence-corrected chi connectivity index (χ0v) is 24.3. The Kier molecular flexibility index (Phi) is 11.6. The molecule has 0 aliphatic rings. The van der Waals surface area contributed by atoms with Crippen molar-refractivity contribution in [2.75, 3.05) is 24.7 Å². The first-order chi connectivity index (χ1) is 18.1. The molecule has 0 N–H and O–H groups in total. The monoisotopic (exact) mass is 584 g/mol. The molecule has 0 aromatic heterocycles. The maximum Gasteiger partial charge on any atom is 0.314 e. The van der Waals surface area contributed by atoms with Gasteiger partial charge in [-0.3, -0.25) is 18.0 Å². The van der Waals surface area contributed by atoms with Crippen LogP contribution in [0, 0.1) is 10.8 Å². The highest BCUT2D eigenvalue weighted by molar-refractivity contribution is 7.87. The second-order valence-electron chi connectivity index (χ2n) is 10.3. The molecule has 10 nitrogen and oxygen atoms in total. The van der Waals surface area contributed by atoms with E-state index in [4.69, 9.17) is 17.8 Å². The molecule has 0 spiro atoms. The lowest BCUT2D eigenvalue weighted by molar-refractivity contribution is -0.157. The van der Waals surface area contributed by atoms with E-state index in [2.05, 4.69) is 0 Å². The molecule has 2 aromatic carbocycles. The lowest BCUT2D eigenvalue weighted by Crippen LogP contribution is -2.33. The van der Waals surface area contributed by atoms with Crippen LogP contribution in [0.2, 0.25) is 0 Å². The van der Waals surface area contributed by atoms with Gasteiger partial charge >= 0.3 is 11.9 Å². The minimum absolute atomic E-state index is 0.0370. The van der Waals surface area contributed by atoms with Gasteiger partial charge in [0.2, 0.25) is 0 Å². The molecule has 0 saturated heterocycles. The van der Waals surface area contributed by atoms with Crippen LogP contribution in [-0.2, 0) is 60.9 Å². The largest absolute Gasteiger partial charge is 0.460 e.